The summed E-state index contributed by atoms with van der Waals surface area (Å²) in [6.07, 6.45) is -3.01. The molecule has 0 radical (unpaired) electrons. The first-order valence-corrected chi connectivity index (χ1v) is 6.24. The monoisotopic (exact) mass is 305 g/mol. The number of halogens is 2. The lowest BCUT2D eigenvalue weighted by atomic mass is 9.98. The molecular formula is C12H17F2N3O4. The molecule has 0 saturated carbocycles. The lowest BCUT2D eigenvalue weighted by molar-refractivity contribution is -0.157. The zero-order chi connectivity index (χ0) is 16.2. The highest BCUT2D eigenvalue weighted by Crippen LogP contribution is 2.23. The van der Waals surface area contributed by atoms with Gasteiger partial charge in [0.2, 0.25) is 0 Å². The first kappa shape index (κ1) is 17.0. The minimum Gasteiger partial charge on any atom is -0.461 e. The van der Waals surface area contributed by atoms with E-state index in [4.69, 9.17) is 4.74 Å². The van der Waals surface area contributed by atoms with Gasteiger partial charge in [-0.3, -0.25) is 4.79 Å². The average molecular weight is 305 g/mol. The largest absolute Gasteiger partial charge is 0.461 e. The van der Waals surface area contributed by atoms with Gasteiger partial charge in [0.1, 0.15) is 5.69 Å². The molecule has 0 aliphatic rings. The van der Waals surface area contributed by atoms with Crippen molar-refractivity contribution < 1.29 is 27.8 Å². The maximum absolute atomic E-state index is 13.0. The molecule has 1 aromatic heterocycles. The fourth-order valence-electron chi connectivity index (χ4n) is 1.31. The highest BCUT2D eigenvalue weighted by molar-refractivity contribution is 5.88. The predicted molar refractivity (Wildman–Crippen MR) is 66.5 cm³/mol. The van der Waals surface area contributed by atoms with Crippen LogP contribution in [0.2, 0.25) is 0 Å². The first-order valence-electron chi connectivity index (χ1n) is 6.24. The Morgan fingerprint density at radius 1 is 1.29 bits per heavy atom. The summed E-state index contributed by atoms with van der Waals surface area (Å²) in [6.45, 7) is 5.86. The van der Waals surface area contributed by atoms with E-state index in [0.717, 1.165) is 0 Å². The molecule has 0 spiro atoms. The fraction of sp³-hybridized carbons (Fsp3) is 0.667. The van der Waals surface area contributed by atoms with Crippen LogP contribution in [0.15, 0.2) is 0 Å². The Balaban J connectivity index is 2.94. The molecule has 0 N–H and O–H groups in total. The van der Waals surface area contributed by atoms with E-state index in [2.05, 4.69) is 15.0 Å². The summed E-state index contributed by atoms with van der Waals surface area (Å²) in [5.74, 6) is -1.59. The molecule has 0 unspecified atom stereocenters. The third kappa shape index (κ3) is 4.20. The van der Waals surface area contributed by atoms with Gasteiger partial charge >= 0.3 is 11.9 Å². The molecule has 7 nitrogen and oxygen atoms in total. The average Bonchev–Trinajstić information content (AvgIpc) is 2.78. The van der Waals surface area contributed by atoms with E-state index in [1.165, 1.54) is 6.92 Å². The van der Waals surface area contributed by atoms with Crippen LogP contribution in [0, 0.1) is 5.41 Å². The molecule has 0 fully saturated rings. The molecule has 0 saturated heterocycles. The molecule has 118 valence electrons. The molecule has 0 bridgehead atoms. The van der Waals surface area contributed by atoms with Crippen molar-refractivity contribution in [2.75, 3.05) is 6.61 Å². The number of rotatable bonds is 5. The van der Waals surface area contributed by atoms with Crippen LogP contribution in [0.1, 0.15) is 50.3 Å². The minimum absolute atomic E-state index is 0.0212. The molecule has 1 aromatic rings. The molecule has 1 heterocycles. The van der Waals surface area contributed by atoms with Crippen molar-refractivity contribution in [1.29, 1.82) is 0 Å². The fourth-order valence-corrected chi connectivity index (χ4v) is 1.31. The highest BCUT2D eigenvalue weighted by Gasteiger charge is 2.29. The van der Waals surface area contributed by atoms with E-state index in [0.29, 0.717) is 4.68 Å². The summed E-state index contributed by atoms with van der Waals surface area (Å²) in [6, 6.07) is 0. The van der Waals surface area contributed by atoms with Crippen LogP contribution >= 0.6 is 0 Å². The Bertz CT molecular complexity index is 523. The van der Waals surface area contributed by atoms with E-state index in [9.17, 15) is 18.4 Å². The normalized spacial score (nSPS) is 11.6. The molecule has 1 rings (SSSR count). The van der Waals surface area contributed by atoms with Gasteiger partial charge in [0.15, 0.2) is 12.4 Å². The minimum atomic E-state index is -3.01. The predicted octanol–water partition coefficient (Wildman–Crippen LogP) is 1.94. The van der Waals surface area contributed by atoms with Gasteiger partial charge in [0.25, 0.3) is 6.43 Å². The number of hydrogen-bond acceptors (Lipinski definition) is 6. The molecule has 21 heavy (non-hydrogen) atoms. The lowest BCUT2D eigenvalue weighted by Gasteiger charge is -2.16. The number of esters is 2. The van der Waals surface area contributed by atoms with Gasteiger partial charge in [0.05, 0.1) is 12.0 Å². The lowest BCUT2D eigenvalue weighted by Crippen LogP contribution is -2.25. The van der Waals surface area contributed by atoms with Crippen molar-refractivity contribution >= 4 is 11.9 Å². The van der Waals surface area contributed by atoms with Crippen LogP contribution in [0.25, 0.3) is 0 Å². The third-order valence-corrected chi connectivity index (χ3v) is 2.38. The second-order valence-corrected chi connectivity index (χ2v) is 5.15. The summed E-state index contributed by atoms with van der Waals surface area (Å²) < 4.78 is 36.2. The Morgan fingerprint density at radius 3 is 2.38 bits per heavy atom. The second-order valence-electron chi connectivity index (χ2n) is 5.15. The van der Waals surface area contributed by atoms with Crippen molar-refractivity contribution in [3.05, 3.63) is 11.4 Å². The zero-order valence-corrected chi connectivity index (χ0v) is 12.2. The van der Waals surface area contributed by atoms with Crippen LogP contribution in [0.4, 0.5) is 8.78 Å². The van der Waals surface area contributed by atoms with Gasteiger partial charge in [0, 0.05) is 0 Å². The quantitative estimate of drug-likeness (QED) is 0.773. The van der Waals surface area contributed by atoms with E-state index in [-0.39, 0.29) is 6.61 Å². The maximum atomic E-state index is 13.0. The molecule has 0 aromatic carbocycles. The Hall–Kier alpha value is -2.06. The molecule has 0 aliphatic heterocycles. The van der Waals surface area contributed by atoms with Crippen molar-refractivity contribution in [3.8, 4) is 0 Å². The van der Waals surface area contributed by atoms with Crippen molar-refractivity contribution in [2.45, 2.75) is 40.9 Å². The van der Waals surface area contributed by atoms with Crippen molar-refractivity contribution in [3.63, 3.8) is 0 Å². The maximum Gasteiger partial charge on any atom is 0.361 e. The number of aromatic nitrogens is 3. The van der Waals surface area contributed by atoms with Gasteiger partial charge in [-0.1, -0.05) is 5.21 Å². The number of carbonyl (C=O) groups excluding carboxylic acids is 2. The Kier molecular flexibility index (Phi) is 5.34. The van der Waals surface area contributed by atoms with Crippen LogP contribution in [0.3, 0.4) is 0 Å². The molecular weight excluding hydrogens is 288 g/mol. The molecule has 9 heteroatoms. The highest BCUT2D eigenvalue weighted by atomic mass is 19.3. The summed E-state index contributed by atoms with van der Waals surface area (Å²) in [5.41, 5.74) is -2.11. The van der Waals surface area contributed by atoms with Crippen LogP contribution in [-0.2, 0) is 21.0 Å². The SMILES string of the molecule is CCOC(=O)c1nnn(COC(=O)C(C)(C)C)c1C(F)F. The van der Waals surface area contributed by atoms with Gasteiger partial charge in [-0.05, 0) is 27.7 Å². The molecule has 0 amide bonds. The number of hydrogen-bond donors (Lipinski definition) is 0. The van der Waals surface area contributed by atoms with E-state index < -0.39 is 41.9 Å². The van der Waals surface area contributed by atoms with Crippen LogP contribution < -0.4 is 0 Å². The van der Waals surface area contributed by atoms with Crippen molar-refractivity contribution in [1.82, 2.24) is 15.0 Å². The van der Waals surface area contributed by atoms with E-state index in [1.54, 1.807) is 20.8 Å². The standard InChI is InChI=1S/C12H17F2N3O4/c1-5-20-10(18)7-8(9(13)14)17(16-15-7)6-21-11(19)12(2,3)4/h9H,5-6H2,1-4H3. The van der Waals surface area contributed by atoms with Gasteiger partial charge in [-0.15, -0.1) is 5.10 Å². The van der Waals surface area contributed by atoms with Gasteiger partial charge in [-0.2, -0.15) is 0 Å². The van der Waals surface area contributed by atoms with Gasteiger partial charge in [-0.25, -0.2) is 18.3 Å². The van der Waals surface area contributed by atoms with Gasteiger partial charge < -0.3 is 9.47 Å². The van der Waals surface area contributed by atoms with Crippen LogP contribution in [-0.4, -0.2) is 33.5 Å². The molecule has 0 atom stereocenters. The van der Waals surface area contributed by atoms with Crippen molar-refractivity contribution in [2.24, 2.45) is 5.41 Å². The number of alkyl halides is 2. The smallest absolute Gasteiger partial charge is 0.361 e. The summed E-state index contributed by atoms with van der Waals surface area (Å²) in [4.78, 5) is 23.1. The van der Waals surface area contributed by atoms with E-state index in [1.807, 2.05) is 0 Å². The summed E-state index contributed by atoms with van der Waals surface area (Å²) in [7, 11) is 0. The zero-order valence-electron chi connectivity index (χ0n) is 12.2. The Morgan fingerprint density at radius 2 is 1.90 bits per heavy atom. The summed E-state index contributed by atoms with van der Waals surface area (Å²) in [5, 5.41) is 6.77. The molecule has 0 aliphatic carbocycles. The number of carbonyl (C=O) groups is 2. The Labute approximate surface area is 120 Å². The number of nitrogens with zero attached hydrogens (tertiary/aromatic N) is 3. The second kappa shape index (κ2) is 6.59. The van der Waals surface area contributed by atoms with Crippen LogP contribution in [0.5, 0.6) is 0 Å². The first-order chi connectivity index (χ1) is 9.68. The van der Waals surface area contributed by atoms with E-state index >= 15 is 0 Å². The topological polar surface area (TPSA) is 83.3 Å². The third-order valence-electron chi connectivity index (χ3n) is 2.38. The number of ether oxygens (including phenoxy) is 2. The summed E-state index contributed by atoms with van der Waals surface area (Å²) >= 11 is 0.